The number of rotatable bonds is 7. The fraction of sp³-hybridized carbons (Fsp3) is 0.263. The highest BCUT2D eigenvalue weighted by Crippen LogP contribution is 2.23. The van der Waals surface area contributed by atoms with Crippen LogP contribution in [-0.4, -0.2) is 21.9 Å². The number of benzene rings is 2. The molecule has 0 N–H and O–H groups in total. The molecule has 0 saturated carbocycles. The number of hydrogen-bond acceptors (Lipinski definition) is 4. The molecule has 0 atom stereocenters. The predicted molar refractivity (Wildman–Crippen MR) is 97.5 cm³/mol. The van der Waals surface area contributed by atoms with Gasteiger partial charge in [0, 0.05) is 18.7 Å². The molecule has 2 aromatic carbocycles. The van der Waals surface area contributed by atoms with Crippen molar-refractivity contribution in [2.75, 3.05) is 7.11 Å². The number of nitrogens with zero attached hydrogens (tertiary/aromatic N) is 3. The lowest BCUT2D eigenvalue weighted by molar-refractivity contribution is 0.414. The zero-order chi connectivity index (χ0) is 17.6. The van der Waals surface area contributed by atoms with Crippen molar-refractivity contribution in [3.63, 3.8) is 0 Å². The second kappa shape index (κ2) is 8.16. The summed E-state index contributed by atoms with van der Waals surface area (Å²) < 4.78 is 20.6. The molecule has 0 aliphatic rings. The quantitative estimate of drug-likeness (QED) is 0.590. The number of thioether (sulfide) groups is 1. The highest BCUT2D eigenvalue weighted by Gasteiger charge is 2.12. The Kier molecular flexibility index (Phi) is 5.71. The molecule has 1 heterocycles. The van der Waals surface area contributed by atoms with E-state index in [0.717, 1.165) is 34.4 Å². The van der Waals surface area contributed by atoms with E-state index in [1.807, 2.05) is 30.3 Å². The van der Waals surface area contributed by atoms with Crippen LogP contribution in [0.4, 0.5) is 4.39 Å². The summed E-state index contributed by atoms with van der Waals surface area (Å²) in [6.45, 7) is 2.87. The summed E-state index contributed by atoms with van der Waals surface area (Å²) in [4.78, 5) is 0. The molecule has 6 heteroatoms. The van der Waals surface area contributed by atoms with Gasteiger partial charge in [-0.2, -0.15) is 0 Å². The van der Waals surface area contributed by atoms with Gasteiger partial charge >= 0.3 is 0 Å². The van der Waals surface area contributed by atoms with E-state index in [2.05, 4.69) is 21.7 Å². The first-order valence-electron chi connectivity index (χ1n) is 8.12. The minimum absolute atomic E-state index is 0.213. The molecule has 3 rings (SSSR count). The number of ether oxygens (including phenoxy) is 1. The zero-order valence-electron chi connectivity index (χ0n) is 14.3. The van der Waals surface area contributed by atoms with Crippen molar-refractivity contribution in [3.8, 4) is 5.75 Å². The summed E-state index contributed by atoms with van der Waals surface area (Å²) in [6.07, 6.45) is 0.714. The summed E-state index contributed by atoms with van der Waals surface area (Å²) in [5, 5.41) is 9.51. The van der Waals surface area contributed by atoms with Gasteiger partial charge in [-0.15, -0.1) is 10.2 Å². The van der Waals surface area contributed by atoms with Gasteiger partial charge in [0.1, 0.15) is 17.4 Å². The van der Waals surface area contributed by atoms with Crippen LogP contribution in [0.25, 0.3) is 0 Å². The summed E-state index contributed by atoms with van der Waals surface area (Å²) in [5.74, 6) is 2.22. The first-order chi connectivity index (χ1) is 12.2. The Bertz CT molecular complexity index is 833. The van der Waals surface area contributed by atoms with Crippen LogP contribution >= 0.6 is 11.8 Å². The van der Waals surface area contributed by atoms with E-state index in [9.17, 15) is 4.39 Å². The van der Waals surface area contributed by atoms with E-state index in [-0.39, 0.29) is 5.82 Å². The van der Waals surface area contributed by atoms with Crippen molar-refractivity contribution in [2.24, 2.45) is 0 Å². The van der Waals surface area contributed by atoms with Gasteiger partial charge in [-0.25, -0.2) is 4.39 Å². The largest absolute Gasteiger partial charge is 0.497 e. The van der Waals surface area contributed by atoms with Gasteiger partial charge in [0.15, 0.2) is 5.16 Å². The average Bonchev–Trinajstić information content (AvgIpc) is 3.02. The van der Waals surface area contributed by atoms with E-state index in [1.165, 1.54) is 6.07 Å². The smallest absolute Gasteiger partial charge is 0.191 e. The molecule has 0 radical (unpaired) electrons. The van der Waals surface area contributed by atoms with Crippen LogP contribution in [-0.2, 0) is 18.7 Å². The molecule has 1 aromatic heterocycles. The van der Waals surface area contributed by atoms with Crippen molar-refractivity contribution in [3.05, 3.63) is 71.3 Å². The monoisotopic (exact) mass is 357 g/mol. The maximum Gasteiger partial charge on any atom is 0.191 e. The molecule has 0 fully saturated rings. The van der Waals surface area contributed by atoms with Gasteiger partial charge in [0.25, 0.3) is 0 Å². The van der Waals surface area contributed by atoms with Crippen molar-refractivity contribution in [1.29, 1.82) is 0 Å². The van der Waals surface area contributed by atoms with Crippen molar-refractivity contribution < 1.29 is 9.13 Å². The van der Waals surface area contributed by atoms with Gasteiger partial charge in [-0.1, -0.05) is 36.0 Å². The van der Waals surface area contributed by atoms with Gasteiger partial charge in [0.05, 0.1) is 7.11 Å². The van der Waals surface area contributed by atoms with Crippen LogP contribution in [0.5, 0.6) is 5.75 Å². The molecule has 0 amide bonds. The van der Waals surface area contributed by atoms with Gasteiger partial charge in [-0.05, 0) is 42.3 Å². The second-order valence-corrected chi connectivity index (χ2v) is 6.53. The standard InChI is InChI=1S/C19H20FN3OS/c1-3-23-18(12-14-7-9-17(24-2)10-8-14)21-22-19(23)25-13-15-5-4-6-16(20)11-15/h4-11H,3,12-13H2,1-2H3. The van der Waals surface area contributed by atoms with Crippen LogP contribution in [0, 0.1) is 5.82 Å². The first kappa shape index (κ1) is 17.5. The Hall–Kier alpha value is -2.34. The van der Waals surface area contributed by atoms with Crippen LogP contribution in [0.2, 0.25) is 0 Å². The lowest BCUT2D eigenvalue weighted by atomic mass is 10.1. The summed E-state index contributed by atoms with van der Waals surface area (Å²) >= 11 is 1.57. The molecular formula is C19H20FN3OS. The first-order valence-corrected chi connectivity index (χ1v) is 9.10. The molecule has 0 aliphatic heterocycles. The summed E-state index contributed by atoms with van der Waals surface area (Å²) in [6, 6.07) is 14.6. The van der Waals surface area contributed by atoms with E-state index in [0.29, 0.717) is 12.2 Å². The highest BCUT2D eigenvalue weighted by atomic mass is 32.2. The summed E-state index contributed by atoms with van der Waals surface area (Å²) in [5.41, 5.74) is 2.09. The molecule has 0 aliphatic carbocycles. The molecule has 3 aromatic rings. The van der Waals surface area contributed by atoms with Gasteiger partial charge in [0.2, 0.25) is 0 Å². The topological polar surface area (TPSA) is 39.9 Å². The predicted octanol–water partition coefficient (Wildman–Crippen LogP) is 4.33. The van der Waals surface area contributed by atoms with E-state index >= 15 is 0 Å². The highest BCUT2D eigenvalue weighted by molar-refractivity contribution is 7.98. The minimum Gasteiger partial charge on any atom is -0.497 e. The zero-order valence-corrected chi connectivity index (χ0v) is 15.1. The molecule has 0 bridgehead atoms. The fourth-order valence-corrected chi connectivity index (χ4v) is 3.54. The fourth-order valence-electron chi connectivity index (χ4n) is 2.57. The number of halogens is 1. The van der Waals surface area contributed by atoms with Crippen LogP contribution in [0.15, 0.2) is 53.7 Å². The Morgan fingerprint density at radius 3 is 2.56 bits per heavy atom. The van der Waals surface area contributed by atoms with Crippen molar-refractivity contribution >= 4 is 11.8 Å². The lowest BCUT2D eigenvalue weighted by Gasteiger charge is -2.08. The second-order valence-electron chi connectivity index (χ2n) is 5.59. The number of aromatic nitrogens is 3. The molecule has 0 unspecified atom stereocenters. The lowest BCUT2D eigenvalue weighted by Crippen LogP contribution is -2.04. The Morgan fingerprint density at radius 1 is 1.08 bits per heavy atom. The number of hydrogen-bond donors (Lipinski definition) is 0. The van der Waals surface area contributed by atoms with Crippen LogP contribution in [0.3, 0.4) is 0 Å². The third-order valence-electron chi connectivity index (χ3n) is 3.89. The third-order valence-corrected chi connectivity index (χ3v) is 4.93. The maximum atomic E-state index is 13.3. The number of methoxy groups -OCH3 is 1. The van der Waals surface area contributed by atoms with E-state index in [1.54, 1.807) is 31.0 Å². The molecule has 0 spiro atoms. The molecule has 0 saturated heterocycles. The van der Waals surface area contributed by atoms with E-state index < -0.39 is 0 Å². The Labute approximate surface area is 151 Å². The molecule has 4 nitrogen and oxygen atoms in total. The minimum atomic E-state index is -0.213. The molecule has 130 valence electrons. The van der Waals surface area contributed by atoms with Gasteiger partial charge in [-0.3, -0.25) is 0 Å². The molecule has 25 heavy (non-hydrogen) atoms. The van der Waals surface area contributed by atoms with Crippen molar-refractivity contribution in [1.82, 2.24) is 14.8 Å². The maximum absolute atomic E-state index is 13.3. The SMILES string of the molecule is CCn1c(Cc2ccc(OC)cc2)nnc1SCc1cccc(F)c1. The average molecular weight is 357 g/mol. The normalized spacial score (nSPS) is 10.8. The third kappa shape index (κ3) is 4.39. The van der Waals surface area contributed by atoms with E-state index in [4.69, 9.17) is 4.74 Å². The van der Waals surface area contributed by atoms with Crippen molar-refractivity contribution in [2.45, 2.75) is 30.8 Å². The summed E-state index contributed by atoms with van der Waals surface area (Å²) in [7, 11) is 1.66. The van der Waals surface area contributed by atoms with Crippen LogP contribution in [0.1, 0.15) is 23.9 Å². The Balaban J connectivity index is 1.71. The Morgan fingerprint density at radius 2 is 1.88 bits per heavy atom. The van der Waals surface area contributed by atoms with Gasteiger partial charge < -0.3 is 9.30 Å². The molecular weight excluding hydrogens is 337 g/mol. The van der Waals surface area contributed by atoms with Crippen LogP contribution < -0.4 is 4.74 Å².